The van der Waals surface area contributed by atoms with Gasteiger partial charge in [-0.05, 0) is 48.6 Å². The normalized spacial score (nSPS) is 16.4. The SMILES string of the molecule is O=C(C1CCN(c2cc(Oc3ccc(Cl)cc3Cl)ncn2)CC1)N1CCc2ccccc2C1. The predicted octanol–water partition coefficient (Wildman–Crippen LogP) is 5.38. The van der Waals surface area contributed by atoms with Gasteiger partial charge < -0.3 is 14.5 Å². The number of anilines is 1. The Balaban J connectivity index is 1.20. The fourth-order valence-corrected chi connectivity index (χ4v) is 4.97. The first-order valence-electron chi connectivity index (χ1n) is 11.1. The van der Waals surface area contributed by atoms with E-state index >= 15 is 0 Å². The molecule has 0 spiro atoms. The van der Waals surface area contributed by atoms with E-state index in [2.05, 4.69) is 33.1 Å². The third kappa shape index (κ3) is 4.92. The van der Waals surface area contributed by atoms with Crippen molar-refractivity contribution in [3.63, 3.8) is 0 Å². The van der Waals surface area contributed by atoms with E-state index in [1.54, 1.807) is 24.3 Å². The molecular formula is C25H24Cl2N4O2. The van der Waals surface area contributed by atoms with Crippen LogP contribution < -0.4 is 9.64 Å². The molecule has 3 aromatic rings. The standard InChI is InChI=1S/C25H24Cl2N4O2/c26-20-5-6-22(21(27)13-20)33-24-14-23(28-16-29-24)30-10-8-18(9-11-30)25(32)31-12-7-17-3-1-2-4-19(17)15-31/h1-6,13-14,16,18H,7-12,15H2. The van der Waals surface area contributed by atoms with Crippen LogP contribution in [0.3, 0.4) is 0 Å². The van der Waals surface area contributed by atoms with Crippen LogP contribution in [0, 0.1) is 5.92 Å². The molecule has 8 heteroatoms. The summed E-state index contributed by atoms with van der Waals surface area (Å²) in [6.07, 6.45) is 4.03. The van der Waals surface area contributed by atoms with Crippen LogP contribution in [0.15, 0.2) is 54.9 Å². The number of hydrogen-bond donors (Lipinski definition) is 0. The molecule has 1 amide bonds. The molecule has 5 rings (SSSR count). The first kappa shape index (κ1) is 22.0. The van der Waals surface area contributed by atoms with Crippen LogP contribution in [-0.2, 0) is 17.8 Å². The first-order chi connectivity index (χ1) is 16.1. The molecule has 170 valence electrons. The number of rotatable bonds is 4. The highest BCUT2D eigenvalue weighted by molar-refractivity contribution is 6.35. The lowest BCUT2D eigenvalue weighted by Crippen LogP contribution is -2.44. The second-order valence-corrected chi connectivity index (χ2v) is 9.27. The molecule has 6 nitrogen and oxygen atoms in total. The minimum absolute atomic E-state index is 0.0527. The zero-order valence-corrected chi connectivity index (χ0v) is 19.6. The van der Waals surface area contributed by atoms with Crippen molar-refractivity contribution in [2.24, 2.45) is 5.92 Å². The first-order valence-corrected chi connectivity index (χ1v) is 11.9. The minimum atomic E-state index is 0.0527. The number of aromatic nitrogens is 2. The van der Waals surface area contributed by atoms with E-state index < -0.39 is 0 Å². The Labute approximate surface area is 203 Å². The van der Waals surface area contributed by atoms with Crippen LogP contribution in [0.2, 0.25) is 10.0 Å². The van der Waals surface area contributed by atoms with Crippen LogP contribution in [0.25, 0.3) is 0 Å². The van der Waals surface area contributed by atoms with E-state index in [-0.39, 0.29) is 11.8 Å². The van der Waals surface area contributed by atoms with E-state index in [1.165, 1.54) is 17.5 Å². The smallest absolute Gasteiger partial charge is 0.226 e. The average Bonchev–Trinajstić information content (AvgIpc) is 2.85. The molecule has 2 aliphatic rings. The number of carbonyl (C=O) groups is 1. The molecule has 3 heterocycles. The third-order valence-electron chi connectivity index (χ3n) is 6.35. The van der Waals surface area contributed by atoms with Gasteiger partial charge in [0.25, 0.3) is 0 Å². The van der Waals surface area contributed by atoms with Gasteiger partial charge in [-0.15, -0.1) is 0 Å². The van der Waals surface area contributed by atoms with Gasteiger partial charge in [0, 0.05) is 43.2 Å². The van der Waals surface area contributed by atoms with Crippen LogP contribution in [0.4, 0.5) is 5.82 Å². The third-order valence-corrected chi connectivity index (χ3v) is 6.88. The summed E-state index contributed by atoms with van der Waals surface area (Å²) in [6, 6.07) is 15.3. The van der Waals surface area contributed by atoms with Gasteiger partial charge in [-0.2, -0.15) is 0 Å². The molecule has 2 aromatic carbocycles. The highest BCUT2D eigenvalue weighted by Crippen LogP contribution is 2.32. The molecule has 2 aliphatic heterocycles. The van der Waals surface area contributed by atoms with E-state index in [0.29, 0.717) is 21.7 Å². The molecule has 0 atom stereocenters. The predicted molar refractivity (Wildman–Crippen MR) is 129 cm³/mol. The molecule has 0 N–H and O–H groups in total. The maximum Gasteiger partial charge on any atom is 0.226 e. The number of hydrogen-bond acceptors (Lipinski definition) is 5. The van der Waals surface area contributed by atoms with Crippen molar-refractivity contribution in [3.8, 4) is 11.6 Å². The summed E-state index contributed by atoms with van der Waals surface area (Å²) in [5, 5.41) is 0.962. The molecular weight excluding hydrogens is 459 g/mol. The van der Waals surface area contributed by atoms with E-state index in [0.717, 1.165) is 51.3 Å². The molecule has 1 fully saturated rings. The summed E-state index contributed by atoms with van der Waals surface area (Å²) in [5.41, 5.74) is 2.63. The monoisotopic (exact) mass is 482 g/mol. The quantitative estimate of drug-likeness (QED) is 0.499. The summed E-state index contributed by atoms with van der Waals surface area (Å²) >= 11 is 12.2. The highest BCUT2D eigenvalue weighted by Gasteiger charge is 2.30. The Morgan fingerprint density at radius 2 is 1.76 bits per heavy atom. The maximum atomic E-state index is 13.2. The van der Waals surface area contributed by atoms with Gasteiger partial charge in [0.1, 0.15) is 17.9 Å². The van der Waals surface area contributed by atoms with Crippen molar-refractivity contribution >= 4 is 34.9 Å². The van der Waals surface area contributed by atoms with E-state index in [4.69, 9.17) is 27.9 Å². The van der Waals surface area contributed by atoms with Gasteiger partial charge in [-0.1, -0.05) is 47.5 Å². The molecule has 0 saturated carbocycles. The Bertz CT molecular complexity index is 1160. The van der Waals surface area contributed by atoms with Crippen LogP contribution >= 0.6 is 23.2 Å². The topological polar surface area (TPSA) is 58.6 Å². The van der Waals surface area contributed by atoms with E-state index in [1.807, 2.05) is 11.0 Å². The van der Waals surface area contributed by atoms with Gasteiger partial charge in [0.05, 0.1) is 5.02 Å². The molecule has 33 heavy (non-hydrogen) atoms. The fourth-order valence-electron chi connectivity index (χ4n) is 4.53. The Morgan fingerprint density at radius 1 is 0.970 bits per heavy atom. The van der Waals surface area contributed by atoms with Crippen molar-refractivity contribution in [1.82, 2.24) is 14.9 Å². The van der Waals surface area contributed by atoms with Crippen LogP contribution in [-0.4, -0.2) is 40.4 Å². The molecule has 1 aromatic heterocycles. The number of fused-ring (bicyclic) bond motifs is 1. The summed E-state index contributed by atoms with van der Waals surface area (Å²) in [6.45, 7) is 3.04. The highest BCUT2D eigenvalue weighted by atomic mass is 35.5. The molecule has 0 unspecified atom stereocenters. The van der Waals surface area contributed by atoms with Gasteiger partial charge in [-0.25, -0.2) is 9.97 Å². The Hall–Kier alpha value is -2.83. The fraction of sp³-hybridized carbons (Fsp3) is 0.320. The Kier molecular flexibility index (Phi) is 6.38. The number of nitrogens with zero attached hydrogens (tertiary/aromatic N) is 4. The number of halogens is 2. The van der Waals surface area contributed by atoms with Crippen molar-refractivity contribution in [3.05, 3.63) is 76.0 Å². The number of carbonyl (C=O) groups excluding carboxylic acids is 1. The second-order valence-electron chi connectivity index (χ2n) is 8.43. The van der Waals surface area contributed by atoms with Gasteiger partial charge in [0.15, 0.2) is 0 Å². The van der Waals surface area contributed by atoms with Crippen molar-refractivity contribution in [2.75, 3.05) is 24.5 Å². The zero-order valence-electron chi connectivity index (χ0n) is 18.1. The van der Waals surface area contributed by atoms with Crippen LogP contribution in [0.5, 0.6) is 11.6 Å². The van der Waals surface area contributed by atoms with Crippen molar-refractivity contribution in [2.45, 2.75) is 25.8 Å². The summed E-state index contributed by atoms with van der Waals surface area (Å²) in [5.74, 6) is 2.00. The lowest BCUT2D eigenvalue weighted by molar-refractivity contribution is -0.137. The van der Waals surface area contributed by atoms with Crippen molar-refractivity contribution < 1.29 is 9.53 Å². The number of ether oxygens (including phenoxy) is 1. The van der Waals surface area contributed by atoms with Crippen molar-refractivity contribution in [1.29, 1.82) is 0 Å². The largest absolute Gasteiger partial charge is 0.437 e. The summed E-state index contributed by atoms with van der Waals surface area (Å²) in [4.78, 5) is 26.0. The van der Waals surface area contributed by atoms with Gasteiger partial charge in [0.2, 0.25) is 11.8 Å². The second kappa shape index (κ2) is 9.57. The molecule has 0 radical (unpaired) electrons. The zero-order chi connectivity index (χ0) is 22.8. The number of amides is 1. The van der Waals surface area contributed by atoms with Gasteiger partial charge >= 0.3 is 0 Å². The van der Waals surface area contributed by atoms with Gasteiger partial charge in [-0.3, -0.25) is 4.79 Å². The summed E-state index contributed by atoms with van der Waals surface area (Å²) < 4.78 is 5.83. The number of piperidine rings is 1. The average molecular weight is 483 g/mol. The Morgan fingerprint density at radius 3 is 2.55 bits per heavy atom. The molecule has 1 saturated heterocycles. The minimum Gasteiger partial charge on any atom is -0.437 e. The molecule has 0 aliphatic carbocycles. The maximum absolute atomic E-state index is 13.2. The summed E-state index contributed by atoms with van der Waals surface area (Å²) in [7, 11) is 0. The lowest BCUT2D eigenvalue weighted by Gasteiger charge is -2.36. The molecule has 0 bridgehead atoms. The number of benzene rings is 2. The lowest BCUT2D eigenvalue weighted by atomic mass is 9.93. The van der Waals surface area contributed by atoms with Crippen LogP contribution in [0.1, 0.15) is 24.0 Å². The van der Waals surface area contributed by atoms with E-state index in [9.17, 15) is 4.79 Å².